The van der Waals surface area contributed by atoms with E-state index in [4.69, 9.17) is 0 Å². The number of fused-ring (bicyclic) bond motifs is 1. The topological polar surface area (TPSA) is 32.3 Å². The van der Waals surface area contributed by atoms with Crippen molar-refractivity contribution in [2.24, 2.45) is 0 Å². The van der Waals surface area contributed by atoms with Gasteiger partial charge in [0.1, 0.15) is 5.75 Å². The highest BCUT2D eigenvalue weighted by Gasteiger charge is 2.13. The molecule has 1 aromatic carbocycles. The standard InChI is InChI=1S/C9H10BrNO/c10-8-2-1-6-5-11-4-3-7(6)9(8)12/h1-2,11-12H,3-5H2. The first-order valence-electron chi connectivity index (χ1n) is 3.99. The molecule has 1 aliphatic rings. The molecule has 0 unspecified atom stereocenters. The summed E-state index contributed by atoms with van der Waals surface area (Å²) in [4.78, 5) is 0. The second kappa shape index (κ2) is 3.07. The molecule has 0 saturated carbocycles. The first kappa shape index (κ1) is 8.08. The molecule has 64 valence electrons. The van der Waals surface area contributed by atoms with E-state index in [2.05, 4.69) is 21.2 Å². The summed E-state index contributed by atoms with van der Waals surface area (Å²) in [6.45, 7) is 1.83. The lowest BCUT2D eigenvalue weighted by Crippen LogP contribution is -2.23. The van der Waals surface area contributed by atoms with Gasteiger partial charge in [0, 0.05) is 12.1 Å². The third-order valence-corrected chi connectivity index (χ3v) is 2.84. The van der Waals surface area contributed by atoms with Gasteiger partial charge in [-0.3, -0.25) is 0 Å². The van der Waals surface area contributed by atoms with Crippen LogP contribution in [-0.4, -0.2) is 11.7 Å². The van der Waals surface area contributed by atoms with Gasteiger partial charge in [0.05, 0.1) is 4.47 Å². The number of halogens is 1. The number of aromatic hydroxyl groups is 1. The molecule has 2 rings (SSSR count). The van der Waals surface area contributed by atoms with E-state index in [0.29, 0.717) is 5.75 Å². The number of phenolic OH excluding ortho intramolecular Hbond substituents is 1. The quantitative estimate of drug-likeness (QED) is 0.709. The fourth-order valence-electron chi connectivity index (χ4n) is 1.53. The normalized spacial score (nSPS) is 15.8. The molecule has 0 amide bonds. The van der Waals surface area contributed by atoms with E-state index >= 15 is 0 Å². The summed E-state index contributed by atoms with van der Waals surface area (Å²) < 4.78 is 0.795. The maximum atomic E-state index is 9.67. The average molecular weight is 228 g/mol. The predicted molar refractivity (Wildman–Crippen MR) is 51.2 cm³/mol. The number of rotatable bonds is 0. The fraction of sp³-hybridized carbons (Fsp3) is 0.333. The van der Waals surface area contributed by atoms with Crippen molar-refractivity contribution in [3.8, 4) is 5.75 Å². The van der Waals surface area contributed by atoms with Crippen LogP contribution in [0.2, 0.25) is 0 Å². The zero-order chi connectivity index (χ0) is 8.55. The number of nitrogens with one attached hydrogen (secondary N) is 1. The average Bonchev–Trinajstić information content (AvgIpc) is 2.12. The highest BCUT2D eigenvalue weighted by molar-refractivity contribution is 9.10. The van der Waals surface area contributed by atoms with Crippen LogP contribution in [0.4, 0.5) is 0 Å². The molecule has 0 spiro atoms. The lowest BCUT2D eigenvalue weighted by molar-refractivity contribution is 0.457. The Morgan fingerprint density at radius 2 is 2.25 bits per heavy atom. The molecule has 0 saturated heterocycles. The van der Waals surface area contributed by atoms with E-state index in [0.717, 1.165) is 29.5 Å². The second-order valence-corrected chi connectivity index (χ2v) is 3.81. The fourth-order valence-corrected chi connectivity index (χ4v) is 1.90. The zero-order valence-electron chi connectivity index (χ0n) is 6.60. The number of benzene rings is 1. The van der Waals surface area contributed by atoms with Crippen molar-refractivity contribution >= 4 is 15.9 Å². The van der Waals surface area contributed by atoms with E-state index in [1.54, 1.807) is 0 Å². The Morgan fingerprint density at radius 1 is 1.42 bits per heavy atom. The van der Waals surface area contributed by atoms with E-state index in [9.17, 15) is 5.11 Å². The summed E-state index contributed by atoms with van der Waals surface area (Å²) in [7, 11) is 0. The Bertz CT molecular complexity index is 312. The minimum atomic E-state index is 0.411. The van der Waals surface area contributed by atoms with E-state index < -0.39 is 0 Å². The van der Waals surface area contributed by atoms with Gasteiger partial charge in [-0.1, -0.05) is 6.07 Å². The lowest BCUT2D eigenvalue weighted by Gasteiger charge is -2.18. The second-order valence-electron chi connectivity index (χ2n) is 2.96. The minimum Gasteiger partial charge on any atom is -0.506 e. The molecule has 1 aromatic rings. The van der Waals surface area contributed by atoms with Crippen LogP contribution in [0.1, 0.15) is 11.1 Å². The molecule has 0 radical (unpaired) electrons. The zero-order valence-corrected chi connectivity index (χ0v) is 8.19. The van der Waals surface area contributed by atoms with E-state index in [-0.39, 0.29) is 0 Å². The van der Waals surface area contributed by atoms with Crippen LogP contribution in [0.5, 0.6) is 5.75 Å². The molecule has 0 bridgehead atoms. The monoisotopic (exact) mass is 227 g/mol. The SMILES string of the molecule is Oc1c(Br)ccc2c1CCNC2. The Kier molecular flexibility index (Phi) is 2.07. The van der Waals surface area contributed by atoms with Crippen molar-refractivity contribution in [3.05, 3.63) is 27.7 Å². The van der Waals surface area contributed by atoms with Crippen LogP contribution in [0.15, 0.2) is 16.6 Å². The van der Waals surface area contributed by atoms with E-state index in [1.165, 1.54) is 5.56 Å². The van der Waals surface area contributed by atoms with E-state index in [1.807, 2.05) is 12.1 Å². The molecular weight excluding hydrogens is 218 g/mol. The van der Waals surface area contributed by atoms with Gasteiger partial charge >= 0.3 is 0 Å². The van der Waals surface area contributed by atoms with Crippen LogP contribution in [-0.2, 0) is 13.0 Å². The maximum absolute atomic E-state index is 9.67. The maximum Gasteiger partial charge on any atom is 0.133 e. The first-order valence-corrected chi connectivity index (χ1v) is 4.78. The van der Waals surface area contributed by atoms with Gasteiger partial charge in [0.2, 0.25) is 0 Å². The smallest absolute Gasteiger partial charge is 0.133 e. The third-order valence-electron chi connectivity index (χ3n) is 2.20. The van der Waals surface area contributed by atoms with Crippen LogP contribution in [0.3, 0.4) is 0 Å². The third kappa shape index (κ3) is 1.23. The van der Waals surface area contributed by atoms with Crippen LogP contribution in [0.25, 0.3) is 0 Å². The molecule has 0 fully saturated rings. The van der Waals surface area contributed by atoms with Crippen molar-refractivity contribution in [2.45, 2.75) is 13.0 Å². The van der Waals surface area contributed by atoms with Crippen LogP contribution < -0.4 is 5.32 Å². The van der Waals surface area contributed by atoms with Gasteiger partial charge in [0.25, 0.3) is 0 Å². The molecular formula is C9H10BrNO. The summed E-state index contributed by atoms with van der Waals surface area (Å²) in [6.07, 6.45) is 0.917. The van der Waals surface area contributed by atoms with Gasteiger partial charge in [-0.25, -0.2) is 0 Å². The van der Waals surface area contributed by atoms with Gasteiger partial charge in [-0.05, 0) is 40.5 Å². The Balaban J connectivity index is 2.54. The van der Waals surface area contributed by atoms with Crippen molar-refractivity contribution in [1.82, 2.24) is 5.32 Å². The Labute approximate surface area is 79.7 Å². The van der Waals surface area contributed by atoms with Gasteiger partial charge in [-0.15, -0.1) is 0 Å². The lowest BCUT2D eigenvalue weighted by atomic mass is 10.0. The molecule has 2 N–H and O–H groups in total. The summed E-state index contributed by atoms with van der Waals surface area (Å²) in [5.41, 5.74) is 2.30. The van der Waals surface area contributed by atoms with Gasteiger partial charge in [-0.2, -0.15) is 0 Å². The Morgan fingerprint density at radius 3 is 3.08 bits per heavy atom. The van der Waals surface area contributed by atoms with Crippen molar-refractivity contribution in [1.29, 1.82) is 0 Å². The number of phenols is 1. The Hall–Kier alpha value is -0.540. The van der Waals surface area contributed by atoms with Gasteiger partial charge in [0.15, 0.2) is 0 Å². The number of hydrogen-bond donors (Lipinski definition) is 2. The summed E-state index contributed by atoms with van der Waals surface area (Å²) in [5.74, 6) is 0.411. The minimum absolute atomic E-state index is 0.411. The summed E-state index contributed by atoms with van der Waals surface area (Å²) in [5, 5.41) is 12.9. The van der Waals surface area contributed by atoms with Crippen molar-refractivity contribution < 1.29 is 5.11 Å². The van der Waals surface area contributed by atoms with Crippen LogP contribution >= 0.6 is 15.9 Å². The molecule has 0 aromatic heterocycles. The summed E-state index contributed by atoms with van der Waals surface area (Å²) >= 11 is 3.30. The molecule has 1 aliphatic heterocycles. The van der Waals surface area contributed by atoms with Crippen molar-refractivity contribution in [2.75, 3.05) is 6.54 Å². The predicted octanol–water partition coefficient (Wildman–Crippen LogP) is 1.80. The van der Waals surface area contributed by atoms with Crippen molar-refractivity contribution in [3.63, 3.8) is 0 Å². The number of hydrogen-bond acceptors (Lipinski definition) is 2. The highest BCUT2D eigenvalue weighted by atomic mass is 79.9. The first-order chi connectivity index (χ1) is 5.79. The largest absolute Gasteiger partial charge is 0.506 e. The molecule has 3 heteroatoms. The molecule has 0 atom stereocenters. The summed E-state index contributed by atoms with van der Waals surface area (Å²) in [6, 6.07) is 3.94. The molecule has 2 nitrogen and oxygen atoms in total. The molecule has 0 aliphatic carbocycles. The van der Waals surface area contributed by atoms with Gasteiger partial charge < -0.3 is 10.4 Å². The van der Waals surface area contributed by atoms with Crippen LogP contribution in [0, 0.1) is 0 Å². The highest BCUT2D eigenvalue weighted by Crippen LogP contribution is 2.31. The molecule has 1 heterocycles. The molecule has 12 heavy (non-hydrogen) atoms.